The molecular weight excluding hydrogens is 492 g/mol. The summed E-state index contributed by atoms with van der Waals surface area (Å²) in [7, 11) is 0. The zero-order valence-corrected chi connectivity index (χ0v) is 26.5. The van der Waals surface area contributed by atoms with Crippen LogP contribution in [0.2, 0.25) is 0 Å². The number of rotatable bonds is 3. The molecule has 0 spiro atoms. The lowest BCUT2D eigenvalue weighted by Crippen LogP contribution is -2.42. The molecule has 1 aliphatic heterocycles. The molecule has 0 N–H and O–H groups in total. The summed E-state index contributed by atoms with van der Waals surface area (Å²) in [6.07, 6.45) is 12.2. The third-order valence-corrected chi connectivity index (χ3v) is 6.90. The predicted molar refractivity (Wildman–Crippen MR) is 172 cm³/mol. The van der Waals surface area contributed by atoms with Gasteiger partial charge in [-0.1, -0.05) is 67.0 Å². The summed E-state index contributed by atoms with van der Waals surface area (Å²) >= 11 is 0. The Morgan fingerprint density at radius 2 is 1.75 bits per heavy atom. The molecule has 2 aliphatic rings. The largest absolute Gasteiger partial charge is 0.444 e. The summed E-state index contributed by atoms with van der Waals surface area (Å²) < 4.78 is 5.61. The van der Waals surface area contributed by atoms with Crippen LogP contribution >= 0.6 is 0 Å². The van der Waals surface area contributed by atoms with Gasteiger partial charge in [0.15, 0.2) is 0 Å². The molecular formula is C36H52N2O2. The first-order valence-corrected chi connectivity index (χ1v) is 14.9. The van der Waals surface area contributed by atoms with Gasteiger partial charge in [0.2, 0.25) is 0 Å². The van der Waals surface area contributed by atoms with Crippen LogP contribution in [-0.4, -0.2) is 34.7 Å². The van der Waals surface area contributed by atoms with Crippen molar-refractivity contribution < 1.29 is 9.53 Å². The molecule has 1 fully saturated rings. The number of aryl methyl sites for hydroxylation is 1. The maximum atomic E-state index is 12.6. The number of allylic oxidation sites excluding steroid dienone is 4. The van der Waals surface area contributed by atoms with Gasteiger partial charge in [-0.25, -0.2) is 4.79 Å². The zero-order valence-electron chi connectivity index (χ0n) is 26.5. The highest BCUT2D eigenvalue weighted by molar-refractivity contribution is 5.85. The maximum absolute atomic E-state index is 12.6. The number of amides is 1. The highest BCUT2D eigenvalue weighted by Crippen LogP contribution is 2.45. The first-order chi connectivity index (χ1) is 18.9. The van der Waals surface area contributed by atoms with E-state index in [1.165, 1.54) is 39.1 Å². The van der Waals surface area contributed by atoms with E-state index in [0.717, 1.165) is 38.8 Å². The minimum atomic E-state index is -0.462. The monoisotopic (exact) mass is 544 g/mol. The topological polar surface area (TPSA) is 42.4 Å². The van der Waals surface area contributed by atoms with Crippen molar-refractivity contribution >= 4 is 17.7 Å². The van der Waals surface area contributed by atoms with Crippen molar-refractivity contribution in [2.24, 2.45) is 5.92 Å². The van der Waals surface area contributed by atoms with E-state index in [1.807, 2.05) is 71.7 Å². The molecule has 40 heavy (non-hydrogen) atoms. The van der Waals surface area contributed by atoms with Crippen LogP contribution in [0, 0.1) is 12.8 Å². The highest BCUT2D eigenvalue weighted by atomic mass is 16.6. The molecule has 1 aromatic carbocycles. The van der Waals surface area contributed by atoms with Gasteiger partial charge in [0.1, 0.15) is 5.60 Å². The number of fused-ring (bicyclic) bond motifs is 2. The number of likely N-dealkylation sites (tertiary alicyclic amines) is 1. The average molecular weight is 545 g/mol. The number of benzene rings is 1. The van der Waals surface area contributed by atoms with Gasteiger partial charge in [-0.15, -0.1) is 6.58 Å². The van der Waals surface area contributed by atoms with Crippen LogP contribution in [-0.2, 0) is 4.74 Å². The Bertz CT molecular complexity index is 1170. The number of nitrogens with zero attached hydrogens (tertiary/aromatic N) is 2. The molecule has 2 aromatic rings. The molecule has 0 radical (unpaired) electrons. The molecule has 4 nitrogen and oxygen atoms in total. The van der Waals surface area contributed by atoms with Crippen LogP contribution in [0.4, 0.5) is 4.79 Å². The molecule has 1 aromatic heterocycles. The smallest absolute Gasteiger partial charge is 0.410 e. The SMILES string of the molecule is C/C=C\C.C=C(C)C.CCCC1=Cc2cc(C)ccc2C(C2CCN(C(=O)OC(C)(C)C)CC2)c2ncccc21. The fourth-order valence-corrected chi connectivity index (χ4v) is 5.15. The number of aromatic nitrogens is 1. The number of hydrogen-bond donors (Lipinski definition) is 0. The Hall–Kier alpha value is -3.14. The second-order valence-electron chi connectivity index (χ2n) is 12.1. The van der Waals surface area contributed by atoms with Gasteiger partial charge in [-0.3, -0.25) is 4.98 Å². The minimum absolute atomic E-state index is 0.196. The second-order valence-corrected chi connectivity index (χ2v) is 12.1. The summed E-state index contributed by atoms with van der Waals surface area (Å²) in [5.41, 5.74) is 8.57. The van der Waals surface area contributed by atoms with E-state index >= 15 is 0 Å². The average Bonchev–Trinajstić information content (AvgIpc) is 3.02. The fraction of sp³-hybridized carbons (Fsp3) is 0.500. The van der Waals surface area contributed by atoms with Crippen molar-refractivity contribution in [2.75, 3.05) is 13.1 Å². The summed E-state index contributed by atoms with van der Waals surface area (Å²) in [5, 5.41) is 0. The van der Waals surface area contributed by atoms with E-state index in [-0.39, 0.29) is 12.0 Å². The van der Waals surface area contributed by atoms with Gasteiger partial charge in [-0.2, -0.15) is 0 Å². The van der Waals surface area contributed by atoms with E-state index in [2.05, 4.69) is 56.8 Å². The van der Waals surface area contributed by atoms with Crippen LogP contribution in [0.1, 0.15) is 115 Å². The summed E-state index contributed by atoms with van der Waals surface area (Å²) in [4.78, 5) is 19.4. The fourth-order valence-electron chi connectivity index (χ4n) is 5.15. The molecule has 218 valence electrons. The molecule has 4 rings (SSSR count). The van der Waals surface area contributed by atoms with Crippen LogP contribution in [0.15, 0.2) is 60.8 Å². The molecule has 1 unspecified atom stereocenters. The Morgan fingerprint density at radius 3 is 2.30 bits per heavy atom. The normalized spacial score (nSPS) is 16.8. The van der Waals surface area contributed by atoms with Crippen molar-refractivity contribution in [3.8, 4) is 0 Å². The van der Waals surface area contributed by atoms with E-state index in [9.17, 15) is 4.79 Å². The molecule has 4 heteroatoms. The van der Waals surface area contributed by atoms with Gasteiger partial charge in [-0.05, 0) is 109 Å². The Morgan fingerprint density at radius 1 is 1.12 bits per heavy atom. The first-order valence-electron chi connectivity index (χ1n) is 14.9. The third-order valence-electron chi connectivity index (χ3n) is 6.90. The van der Waals surface area contributed by atoms with E-state index in [1.54, 1.807) is 0 Å². The first kappa shape index (κ1) is 33.1. The summed E-state index contributed by atoms with van der Waals surface area (Å²) in [6.45, 7) is 23.1. The number of ether oxygens (including phenoxy) is 1. The number of pyridine rings is 1. The van der Waals surface area contributed by atoms with Crippen molar-refractivity contribution in [3.05, 3.63) is 88.8 Å². The number of hydrogen-bond acceptors (Lipinski definition) is 3. The Labute approximate surface area is 244 Å². The molecule has 1 aliphatic carbocycles. The van der Waals surface area contributed by atoms with Crippen LogP contribution in [0.25, 0.3) is 11.6 Å². The van der Waals surface area contributed by atoms with Crippen molar-refractivity contribution in [1.82, 2.24) is 9.88 Å². The number of carbonyl (C=O) groups is 1. The standard InChI is InChI=1S/C28H36N2O2.2C4H8/c1-6-8-21-18-22-17-19(2)10-11-23(22)25(26-24(21)9-7-14-29-26)20-12-15-30(16-13-20)27(31)32-28(3,4)5;1-4(2)3;1-3-4-2/h7,9-11,14,17-18,20,25H,6,8,12-13,15-16H2,1-5H3;1H2,2-3H3;3-4H,1-2H3/b;;4-3-. The van der Waals surface area contributed by atoms with Crippen molar-refractivity contribution in [3.63, 3.8) is 0 Å². The predicted octanol–water partition coefficient (Wildman–Crippen LogP) is 9.99. The van der Waals surface area contributed by atoms with Crippen molar-refractivity contribution in [2.45, 2.75) is 99.5 Å². The molecule has 2 heterocycles. The number of carbonyl (C=O) groups excluding carboxylic acids is 1. The molecule has 0 saturated carbocycles. The van der Waals surface area contributed by atoms with Gasteiger partial charge in [0.25, 0.3) is 0 Å². The lowest BCUT2D eigenvalue weighted by atomic mass is 9.76. The lowest BCUT2D eigenvalue weighted by Gasteiger charge is -2.37. The zero-order chi connectivity index (χ0) is 29.9. The van der Waals surface area contributed by atoms with Gasteiger partial charge in [0, 0.05) is 25.2 Å². The van der Waals surface area contributed by atoms with E-state index < -0.39 is 5.60 Å². The quantitative estimate of drug-likeness (QED) is 0.361. The summed E-state index contributed by atoms with van der Waals surface area (Å²) in [5.74, 6) is 0.686. The highest BCUT2D eigenvalue weighted by Gasteiger charge is 2.36. The molecule has 0 bridgehead atoms. The van der Waals surface area contributed by atoms with Crippen LogP contribution in [0.3, 0.4) is 0 Å². The molecule has 1 atom stereocenters. The maximum Gasteiger partial charge on any atom is 0.410 e. The number of piperidine rings is 1. The minimum Gasteiger partial charge on any atom is -0.444 e. The Kier molecular flexibility index (Phi) is 12.9. The van der Waals surface area contributed by atoms with Crippen LogP contribution < -0.4 is 0 Å². The molecule has 1 saturated heterocycles. The third kappa shape index (κ3) is 9.80. The second kappa shape index (κ2) is 15.6. The molecule has 1 amide bonds. The van der Waals surface area contributed by atoms with E-state index in [0.29, 0.717) is 5.92 Å². The van der Waals surface area contributed by atoms with E-state index in [4.69, 9.17) is 9.72 Å². The van der Waals surface area contributed by atoms with Gasteiger partial charge >= 0.3 is 6.09 Å². The van der Waals surface area contributed by atoms with Gasteiger partial charge < -0.3 is 9.64 Å². The lowest BCUT2D eigenvalue weighted by molar-refractivity contribution is 0.0178. The van der Waals surface area contributed by atoms with Crippen molar-refractivity contribution in [1.29, 1.82) is 0 Å². The summed E-state index contributed by atoms with van der Waals surface area (Å²) in [6, 6.07) is 11.2. The van der Waals surface area contributed by atoms with Gasteiger partial charge in [0.05, 0.1) is 5.69 Å². The Balaban J connectivity index is 0.000000621. The van der Waals surface area contributed by atoms with Crippen LogP contribution in [0.5, 0.6) is 0 Å².